The molecular weight excluding hydrogens is 312 g/mol. The predicted octanol–water partition coefficient (Wildman–Crippen LogP) is 3.48. The van der Waals surface area contributed by atoms with E-state index in [1.165, 1.54) is 20.3 Å². The molecule has 6 nitrogen and oxygen atoms in total. The fraction of sp³-hybridized carbons (Fsp3) is 0.444. The number of aromatic hydroxyl groups is 1. The molecule has 0 saturated heterocycles. The molecule has 0 aliphatic rings. The van der Waals surface area contributed by atoms with E-state index in [-0.39, 0.29) is 22.6 Å². The van der Waals surface area contributed by atoms with E-state index >= 15 is 0 Å². The van der Waals surface area contributed by atoms with Crippen LogP contribution >= 0.6 is 0 Å². The summed E-state index contributed by atoms with van der Waals surface area (Å²) in [6.45, 7) is 2.48. The third-order valence-electron chi connectivity index (χ3n) is 3.34. The molecule has 0 amide bonds. The molecule has 0 unspecified atom stereocenters. The van der Waals surface area contributed by atoms with E-state index in [4.69, 9.17) is 4.74 Å². The number of methoxy groups -OCH3 is 2. The molecule has 0 aromatic heterocycles. The Labute approximate surface area is 142 Å². The lowest BCUT2D eigenvalue weighted by Gasteiger charge is -2.12. The average Bonchev–Trinajstić information content (AvgIpc) is 2.60. The van der Waals surface area contributed by atoms with Crippen LogP contribution in [-0.2, 0) is 9.47 Å². The van der Waals surface area contributed by atoms with Gasteiger partial charge in [-0.1, -0.05) is 31.9 Å². The van der Waals surface area contributed by atoms with Crippen molar-refractivity contribution in [2.24, 2.45) is 0 Å². The maximum Gasteiger partial charge on any atom is 0.338 e. The summed E-state index contributed by atoms with van der Waals surface area (Å²) in [5, 5.41) is 9.98. The first-order valence-electron chi connectivity index (χ1n) is 7.86. The Kier molecular flexibility index (Phi) is 8.39. The number of esters is 2. The molecule has 0 aliphatic heterocycles. The first-order chi connectivity index (χ1) is 11.5. The third-order valence-corrected chi connectivity index (χ3v) is 3.34. The molecule has 1 rings (SSSR count). The summed E-state index contributed by atoms with van der Waals surface area (Å²) in [5.41, 5.74) is -0.0932. The van der Waals surface area contributed by atoms with Crippen LogP contribution in [-0.4, -0.2) is 37.9 Å². The van der Waals surface area contributed by atoms with Gasteiger partial charge in [-0.3, -0.25) is 0 Å². The van der Waals surface area contributed by atoms with Crippen molar-refractivity contribution in [1.82, 2.24) is 0 Å². The van der Waals surface area contributed by atoms with Gasteiger partial charge >= 0.3 is 11.9 Å². The number of carbonyl (C=O) groups is 2. The summed E-state index contributed by atoms with van der Waals surface area (Å²) in [6.07, 6.45) is 8.11. The van der Waals surface area contributed by atoms with Crippen molar-refractivity contribution in [3.8, 4) is 11.5 Å². The van der Waals surface area contributed by atoms with E-state index in [0.717, 1.165) is 25.3 Å². The molecular formula is C18H24O6. The van der Waals surface area contributed by atoms with Gasteiger partial charge in [-0.15, -0.1) is 0 Å². The average molecular weight is 336 g/mol. The summed E-state index contributed by atoms with van der Waals surface area (Å²) in [7, 11) is 2.40. The number of ether oxygens (including phenoxy) is 3. The number of carbonyl (C=O) groups excluding carboxylic acids is 2. The number of hydrogen-bond acceptors (Lipinski definition) is 6. The minimum Gasteiger partial charge on any atom is -0.504 e. The lowest BCUT2D eigenvalue weighted by Crippen LogP contribution is -2.12. The van der Waals surface area contributed by atoms with Crippen LogP contribution in [0.1, 0.15) is 53.3 Å². The number of phenols is 1. The van der Waals surface area contributed by atoms with Crippen molar-refractivity contribution in [2.45, 2.75) is 32.6 Å². The van der Waals surface area contributed by atoms with E-state index in [9.17, 15) is 14.7 Å². The van der Waals surface area contributed by atoms with Crippen molar-refractivity contribution >= 4 is 11.9 Å². The van der Waals surface area contributed by atoms with Gasteiger partial charge < -0.3 is 19.3 Å². The SMILES string of the molecule is CCCC/C=C/CCOc1cc(C(=O)OC)c(C(=O)OC)cc1O. The summed E-state index contributed by atoms with van der Waals surface area (Å²) < 4.78 is 14.7. The van der Waals surface area contributed by atoms with Crippen LogP contribution in [0.25, 0.3) is 0 Å². The van der Waals surface area contributed by atoms with Gasteiger partial charge in [0.05, 0.1) is 32.0 Å². The predicted molar refractivity (Wildman–Crippen MR) is 89.6 cm³/mol. The zero-order valence-corrected chi connectivity index (χ0v) is 14.3. The number of phenolic OH excluding ortho intramolecular Hbond substituents is 1. The van der Waals surface area contributed by atoms with Gasteiger partial charge in [0.25, 0.3) is 0 Å². The maximum atomic E-state index is 11.8. The smallest absolute Gasteiger partial charge is 0.338 e. The van der Waals surface area contributed by atoms with Gasteiger partial charge in [0.1, 0.15) is 0 Å². The van der Waals surface area contributed by atoms with E-state index in [0.29, 0.717) is 13.0 Å². The zero-order valence-electron chi connectivity index (χ0n) is 14.3. The molecule has 0 atom stereocenters. The van der Waals surface area contributed by atoms with Crippen molar-refractivity contribution in [3.63, 3.8) is 0 Å². The molecule has 132 valence electrons. The summed E-state index contributed by atoms with van der Waals surface area (Å²) in [6, 6.07) is 2.43. The van der Waals surface area contributed by atoms with Crippen molar-refractivity contribution in [3.05, 3.63) is 35.4 Å². The number of allylic oxidation sites excluding steroid dienone is 1. The fourth-order valence-electron chi connectivity index (χ4n) is 2.04. The Hall–Kier alpha value is -2.50. The van der Waals surface area contributed by atoms with E-state index in [1.807, 2.05) is 6.08 Å². The second-order valence-electron chi connectivity index (χ2n) is 5.10. The molecule has 1 aromatic carbocycles. The number of rotatable bonds is 9. The number of hydrogen-bond donors (Lipinski definition) is 1. The Balaban J connectivity index is 2.83. The monoisotopic (exact) mass is 336 g/mol. The number of benzene rings is 1. The van der Waals surface area contributed by atoms with Crippen molar-refractivity contribution < 1.29 is 28.9 Å². The van der Waals surface area contributed by atoms with E-state index in [1.54, 1.807) is 0 Å². The zero-order chi connectivity index (χ0) is 17.9. The molecule has 1 aromatic rings. The van der Waals surface area contributed by atoms with Crippen LogP contribution in [0, 0.1) is 0 Å². The minimum atomic E-state index is -0.740. The van der Waals surface area contributed by atoms with Gasteiger partial charge in [-0.25, -0.2) is 9.59 Å². The second kappa shape index (κ2) is 10.3. The minimum absolute atomic E-state index is 0.0179. The quantitative estimate of drug-likeness (QED) is 0.422. The van der Waals surface area contributed by atoms with E-state index in [2.05, 4.69) is 22.5 Å². The molecule has 0 saturated carbocycles. The first-order valence-corrected chi connectivity index (χ1v) is 7.86. The van der Waals surface area contributed by atoms with Crippen LogP contribution in [0.4, 0.5) is 0 Å². The molecule has 1 N–H and O–H groups in total. The molecule has 0 aliphatic carbocycles. The summed E-state index contributed by atoms with van der Waals surface area (Å²) in [5.74, 6) is -1.57. The Morgan fingerprint density at radius 2 is 1.62 bits per heavy atom. The van der Waals surface area contributed by atoms with Crippen LogP contribution in [0.15, 0.2) is 24.3 Å². The highest BCUT2D eigenvalue weighted by Gasteiger charge is 2.22. The maximum absolute atomic E-state index is 11.8. The molecule has 0 bridgehead atoms. The normalized spacial score (nSPS) is 10.6. The fourth-order valence-corrected chi connectivity index (χ4v) is 2.04. The van der Waals surface area contributed by atoms with Crippen LogP contribution in [0.5, 0.6) is 11.5 Å². The van der Waals surface area contributed by atoms with Crippen LogP contribution in [0.2, 0.25) is 0 Å². The highest BCUT2D eigenvalue weighted by Crippen LogP contribution is 2.30. The second-order valence-corrected chi connectivity index (χ2v) is 5.10. The molecule has 0 heterocycles. The van der Waals surface area contributed by atoms with Crippen LogP contribution < -0.4 is 4.74 Å². The largest absolute Gasteiger partial charge is 0.504 e. The highest BCUT2D eigenvalue weighted by molar-refractivity contribution is 6.04. The van der Waals surface area contributed by atoms with Crippen molar-refractivity contribution in [1.29, 1.82) is 0 Å². The Bertz CT molecular complexity index is 591. The first kappa shape index (κ1) is 19.5. The molecule has 0 spiro atoms. The van der Waals surface area contributed by atoms with Gasteiger partial charge in [0.15, 0.2) is 11.5 Å². The Morgan fingerprint density at radius 1 is 1.04 bits per heavy atom. The summed E-state index contributed by atoms with van der Waals surface area (Å²) >= 11 is 0. The van der Waals surface area contributed by atoms with Gasteiger partial charge in [0, 0.05) is 0 Å². The summed E-state index contributed by atoms with van der Waals surface area (Å²) in [4.78, 5) is 23.5. The van der Waals surface area contributed by atoms with E-state index < -0.39 is 11.9 Å². The van der Waals surface area contributed by atoms with Gasteiger partial charge in [0.2, 0.25) is 0 Å². The van der Waals surface area contributed by atoms with Crippen LogP contribution in [0.3, 0.4) is 0 Å². The molecule has 24 heavy (non-hydrogen) atoms. The number of unbranched alkanes of at least 4 members (excludes halogenated alkanes) is 2. The molecule has 6 heteroatoms. The van der Waals surface area contributed by atoms with Gasteiger partial charge in [-0.05, 0) is 25.0 Å². The highest BCUT2D eigenvalue weighted by atomic mass is 16.5. The lowest BCUT2D eigenvalue weighted by atomic mass is 10.1. The lowest BCUT2D eigenvalue weighted by molar-refractivity contribution is 0.0554. The Morgan fingerprint density at radius 3 is 2.21 bits per heavy atom. The standard InChI is InChI=1S/C18H24O6/c1-4-5-6-7-8-9-10-24-16-12-14(18(21)23-3)13(11-15(16)19)17(20)22-2/h7-8,11-12,19H,4-6,9-10H2,1-3H3/b8-7+. The molecule has 0 fully saturated rings. The molecule has 0 radical (unpaired) electrons. The third kappa shape index (κ3) is 5.61. The van der Waals surface area contributed by atoms with Gasteiger partial charge in [-0.2, -0.15) is 0 Å². The topological polar surface area (TPSA) is 82.1 Å². The van der Waals surface area contributed by atoms with Crippen molar-refractivity contribution in [2.75, 3.05) is 20.8 Å².